The maximum absolute atomic E-state index is 5.77. The second kappa shape index (κ2) is 4.17. The van der Waals surface area contributed by atoms with Gasteiger partial charge in [-0.25, -0.2) is 0 Å². The number of hydrogen-bond donors (Lipinski definition) is 0. The standard InChI is InChI=1S/C15H21NO/c1-8(2)12-7-17-15-10(5)11(6)16-14(9(3)4)13(12)15/h7-9H,1-6H3. The van der Waals surface area contributed by atoms with E-state index in [1.165, 1.54) is 16.6 Å². The molecule has 2 heterocycles. The van der Waals surface area contributed by atoms with Crippen LogP contribution < -0.4 is 0 Å². The summed E-state index contributed by atoms with van der Waals surface area (Å²) in [5, 5.41) is 1.23. The molecule has 0 N–H and O–H groups in total. The Labute approximate surface area is 103 Å². The lowest BCUT2D eigenvalue weighted by Crippen LogP contribution is -2.00. The lowest BCUT2D eigenvalue weighted by atomic mass is 9.95. The Balaban J connectivity index is 2.88. The zero-order valence-electron chi connectivity index (χ0n) is 11.6. The molecule has 0 aliphatic rings. The highest BCUT2D eigenvalue weighted by Crippen LogP contribution is 2.35. The van der Waals surface area contributed by atoms with E-state index < -0.39 is 0 Å². The quantitative estimate of drug-likeness (QED) is 0.749. The molecule has 0 amide bonds. The number of pyridine rings is 1. The number of aryl methyl sites for hydroxylation is 2. The van der Waals surface area contributed by atoms with E-state index in [0.29, 0.717) is 11.8 Å². The molecule has 2 aromatic rings. The van der Waals surface area contributed by atoms with Gasteiger partial charge in [0.1, 0.15) is 5.58 Å². The molecule has 0 aromatic carbocycles. The number of nitrogens with zero attached hydrogens (tertiary/aromatic N) is 1. The van der Waals surface area contributed by atoms with E-state index in [9.17, 15) is 0 Å². The SMILES string of the molecule is Cc1nc(C(C)C)c2c(C(C)C)coc2c1C. The summed E-state index contributed by atoms with van der Waals surface area (Å²) < 4.78 is 5.77. The maximum atomic E-state index is 5.77. The minimum atomic E-state index is 0.423. The van der Waals surface area contributed by atoms with E-state index in [1.54, 1.807) is 0 Å². The molecule has 0 aliphatic heterocycles. The van der Waals surface area contributed by atoms with E-state index in [4.69, 9.17) is 9.40 Å². The fourth-order valence-electron chi connectivity index (χ4n) is 2.24. The first-order valence-electron chi connectivity index (χ1n) is 6.31. The van der Waals surface area contributed by atoms with Crippen molar-refractivity contribution in [3.8, 4) is 0 Å². The zero-order valence-corrected chi connectivity index (χ0v) is 11.6. The molecule has 2 aromatic heterocycles. The molecule has 0 atom stereocenters. The van der Waals surface area contributed by atoms with Crippen LogP contribution in [0.5, 0.6) is 0 Å². The summed E-state index contributed by atoms with van der Waals surface area (Å²) in [7, 11) is 0. The highest BCUT2D eigenvalue weighted by molar-refractivity contribution is 5.87. The molecule has 0 saturated heterocycles. The van der Waals surface area contributed by atoms with Crippen LogP contribution >= 0.6 is 0 Å². The zero-order chi connectivity index (χ0) is 12.7. The molecular weight excluding hydrogens is 210 g/mol. The molecule has 92 valence electrons. The van der Waals surface area contributed by atoms with Crippen LogP contribution in [0.25, 0.3) is 11.0 Å². The van der Waals surface area contributed by atoms with Gasteiger partial charge in [-0.15, -0.1) is 0 Å². The van der Waals surface area contributed by atoms with Gasteiger partial charge in [0, 0.05) is 22.2 Å². The topological polar surface area (TPSA) is 26.0 Å². The van der Waals surface area contributed by atoms with Crippen molar-refractivity contribution in [3.63, 3.8) is 0 Å². The lowest BCUT2D eigenvalue weighted by Gasteiger charge is -2.12. The number of rotatable bonds is 2. The predicted molar refractivity (Wildman–Crippen MR) is 71.7 cm³/mol. The van der Waals surface area contributed by atoms with Crippen LogP contribution in [0.4, 0.5) is 0 Å². The molecule has 0 radical (unpaired) electrons. The monoisotopic (exact) mass is 231 g/mol. The van der Waals surface area contributed by atoms with Crippen LogP contribution in [0.1, 0.15) is 62.0 Å². The molecule has 0 bridgehead atoms. The molecule has 0 unspecified atom stereocenters. The molecule has 0 fully saturated rings. The van der Waals surface area contributed by atoms with Crippen LogP contribution in [-0.2, 0) is 0 Å². The van der Waals surface area contributed by atoms with Gasteiger partial charge in [0.2, 0.25) is 0 Å². The summed E-state index contributed by atoms with van der Waals surface area (Å²) in [5.74, 6) is 0.893. The third kappa shape index (κ3) is 1.86. The summed E-state index contributed by atoms with van der Waals surface area (Å²) >= 11 is 0. The van der Waals surface area contributed by atoms with E-state index >= 15 is 0 Å². The van der Waals surface area contributed by atoms with Crippen LogP contribution in [-0.4, -0.2) is 4.98 Å². The fraction of sp³-hybridized carbons (Fsp3) is 0.533. The Kier molecular flexibility index (Phi) is 2.98. The van der Waals surface area contributed by atoms with E-state index in [1.807, 2.05) is 6.26 Å². The van der Waals surface area contributed by atoms with Gasteiger partial charge in [-0.1, -0.05) is 27.7 Å². The molecule has 17 heavy (non-hydrogen) atoms. The molecule has 2 heteroatoms. The van der Waals surface area contributed by atoms with E-state index in [-0.39, 0.29) is 0 Å². The second-order valence-corrected chi connectivity index (χ2v) is 5.41. The highest BCUT2D eigenvalue weighted by Gasteiger charge is 2.19. The van der Waals surface area contributed by atoms with Gasteiger partial charge in [-0.05, 0) is 25.7 Å². The first kappa shape index (κ1) is 12.2. The molecule has 0 spiro atoms. The summed E-state index contributed by atoms with van der Waals surface area (Å²) in [6.07, 6.45) is 1.90. The molecule has 2 nitrogen and oxygen atoms in total. The summed E-state index contributed by atoms with van der Waals surface area (Å²) in [6, 6.07) is 0. The van der Waals surface area contributed by atoms with E-state index in [2.05, 4.69) is 41.5 Å². The van der Waals surface area contributed by atoms with Crippen molar-refractivity contribution in [2.24, 2.45) is 0 Å². The van der Waals surface area contributed by atoms with Crippen molar-refractivity contribution in [1.82, 2.24) is 4.98 Å². The van der Waals surface area contributed by atoms with Crippen LogP contribution in [0, 0.1) is 13.8 Å². The Morgan fingerprint density at radius 3 is 2.24 bits per heavy atom. The number of furan rings is 1. The van der Waals surface area contributed by atoms with Gasteiger partial charge in [-0.3, -0.25) is 4.98 Å². The van der Waals surface area contributed by atoms with Crippen molar-refractivity contribution >= 4 is 11.0 Å². The van der Waals surface area contributed by atoms with Crippen LogP contribution in [0.15, 0.2) is 10.7 Å². The van der Waals surface area contributed by atoms with E-state index in [0.717, 1.165) is 16.8 Å². The molecule has 0 aliphatic carbocycles. The molecule has 0 saturated carbocycles. The lowest BCUT2D eigenvalue weighted by molar-refractivity contribution is 0.603. The normalized spacial score (nSPS) is 12.0. The molecular formula is C15H21NO. The summed E-state index contributed by atoms with van der Waals surface area (Å²) in [5.41, 5.74) is 5.70. The average molecular weight is 231 g/mol. The Morgan fingerprint density at radius 1 is 1.06 bits per heavy atom. The van der Waals surface area contributed by atoms with Crippen LogP contribution in [0.2, 0.25) is 0 Å². The van der Waals surface area contributed by atoms with Crippen molar-refractivity contribution in [2.75, 3.05) is 0 Å². The fourth-order valence-corrected chi connectivity index (χ4v) is 2.24. The van der Waals surface area contributed by atoms with Crippen LogP contribution in [0.3, 0.4) is 0 Å². The number of fused-ring (bicyclic) bond motifs is 1. The summed E-state index contributed by atoms with van der Waals surface area (Å²) in [6.45, 7) is 12.9. The first-order chi connectivity index (χ1) is 7.93. The number of aromatic nitrogens is 1. The van der Waals surface area contributed by atoms with Gasteiger partial charge in [0.05, 0.1) is 12.0 Å². The Hall–Kier alpha value is -1.31. The minimum Gasteiger partial charge on any atom is -0.464 e. The number of hydrogen-bond acceptors (Lipinski definition) is 2. The van der Waals surface area contributed by atoms with Crippen molar-refractivity contribution < 1.29 is 4.42 Å². The second-order valence-electron chi connectivity index (χ2n) is 5.41. The third-order valence-electron chi connectivity index (χ3n) is 3.42. The smallest absolute Gasteiger partial charge is 0.140 e. The highest BCUT2D eigenvalue weighted by atomic mass is 16.3. The van der Waals surface area contributed by atoms with Gasteiger partial charge >= 0.3 is 0 Å². The largest absolute Gasteiger partial charge is 0.464 e. The molecule has 2 rings (SSSR count). The summed E-state index contributed by atoms with van der Waals surface area (Å²) in [4.78, 5) is 4.76. The maximum Gasteiger partial charge on any atom is 0.140 e. The predicted octanol–water partition coefficient (Wildman–Crippen LogP) is 4.69. The van der Waals surface area contributed by atoms with Gasteiger partial charge in [-0.2, -0.15) is 0 Å². The minimum absolute atomic E-state index is 0.423. The van der Waals surface area contributed by atoms with Gasteiger partial charge < -0.3 is 4.42 Å². The van der Waals surface area contributed by atoms with Crippen molar-refractivity contribution in [2.45, 2.75) is 53.4 Å². The first-order valence-corrected chi connectivity index (χ1v) is 6.31. The van der Waals surface area contributed by atoms with Gasteiger partial charge in [0.15, 0.2) is 0 Å². The Morgan fingerprint density at radius 2 is 1.71 bits per heavy atom. The van der Waals surface area contributed by atoms with Crippen molar-refractivity contribution in [1.29, 1.82) is 0 Å². The van der Waals surface area contributed by atoms with Crippen molar-refractivity contribution in [3.05, 3.63) is 28.8 Å². The Bertz CT molecular complexity index is 550. The van der Waals surface area contributed by atoms with Gasteiger partial charge in [0.25, 0.3) is 0 Å². The average Bonchev–Trinajstić information content (AvgIpc) is 2.67. The third-order valence-corrected chi connectivity index (χ3v) is 3.42.